The van der Waals surface area contributed by atoms with E-state index in [-0.39, 0.29) is 17.2 Å². The molecule has 0 unspecified atom stereocenters. The number of pyridine rings is 1. The molecule has 1 N–H and O–H groups in total. The van der Waals surface area contributed by atoms with E-state index < -0.39 is 23.6 Å². The molecule has 0 bridgehead atoms. The average Bonchev–Trinajstić information content (AvgIpc) is 3.02. The number of alkyl halides is 3. The lowest BCUT2D eigenvalue weighted by molar-refractivity contribution is -0.139. The maximum absolute atomic E-state index is 13.4. The molecule has 0 atom stereocenters. The highest BCUT2D eigenvalue weighted by Gasteiger charge is 2.37. The van der Waals surface area contributed by atoms with E-state index in [2.05, 4.69) is 10.3 Å². The van der Waals surface area contributed by atoms with Gasteiger partial charge in [-0.1, -0.05) is 17.7 Å². The van der Waals surface area contributed by atoms with Gasteiger partial charge in [-0.05, 0) is 30.7 Å². The van der Waals surface area contributed by atoms with Crippen LogP contribution in [0.15, 0.2) is 28.7 Å². The molecular weight excluding hydrogens is 388 g/mol. The first-order chi connectivity index (χ1) is 12.8. The number of nitrogens with one attached hydrogen (secondary N) is 1. The fraction of sp³-hybridized carbons (Fsp3) is 0.278. The molecule has 0 radical (unpaired) electrons. The van der Waals surface area contributed by atoms with Gasteiger partial charge in [-0.2, -0.15) is 17.6 Å². The van der Waals surface area contributed by atoms with Crippen molar-refractivity contribution >= 4 is 22.6 Å². The summed E-state index contributed by atoms with van der Waals surface area (Å²) in [6.07, 6.45) is -4.14. The highest BCUT2D eigenvalue weighted by molar-refractivity contribution is 6.35. The van der Waals surface area contributed by atoms with E-state index >= 15 is 0 Å². The van der Waals surface area contributed by atoms with Gasteiger partial charge in [0.15, 0.2) is 0 Å². The number of nitrogens with zero attached hydrogens (tertiary/aromatic N) is 1. The number of hydrogen-bond donors (Lipinski definition) is 1. The first kappa shape index (κ1) is 18.1. The van der Waals surface area contributed by atoms with Crippen molar-refractivity contribution in [2.45, 2.75) is 25.7 Å². The predicted octanol–water partition coefficient (Wildman–Crippen LogP) is 4.86. The number of hydrogen-bond acceptors (Lipinski definition) is 4. The monoisotopic (exact) mass is 400 g/mol. The Hall–Kier alpha value is -2.32. The summed E-state index contributed by atoms with van der Waals surface area (Å²) >= 11 is 5.99. The lowest BCUT2D eigenvalue weighted by atomic mass is 10.0. The molecule has 0 saturated heterocycles. The zero-order valence-electron chi connectivity index (χ0n) is 13.8. The molecule has 1 aliphatic rings. The molecule has 2 aromatic heterocycles. The molecule has 3 heterocycles. The number of ether oxygens (including phenoxy) is 1. The van der Waals surface area contributed by atoms with Gasteiger partial charge in [-0.3, -0.25) is 0 Å². The van der Waals surface area contributed by atoms with Crippen molar-refractivity contribution in [1.29, 1.82) is 0 Å². The molecule has 0 aliphatic carbocycles. The first-order valence-electron chi connectivity index (χ1n) is 8.13. The van der Waals surface area contributed by atoms with E-state index in [4.69, 9.17) is 20.8 Å². The van der Waals surface area contributed by atoms with Gasteiger partial charge in [-0.15, -0.1) is 0 Å². The van der Waals surface area contributed by atoms with Gasteiger partial charge in [0.25, 0.3) is 6.01 Å². The Balaban J connectivity index is 1.70. The lowest BCUT2D eigenvalue weighted by Gasteiger charge is -2.20. The van der Waals surface area contributed by atoms with Crippen LogP contribution in [0.4, 0.5) is 17.6 Å². The summed E-state index contributed by atoms with van der Waals surface area (Å²) < 4.78 is 64.1. The van der Waals surface area contributed by atoms with Crippen LogP contribution in [-0.2, 0) is 25.7 Å². The largest absolute Gasteiger partial charge is 0.472 e. The number of fused-ring (bicyclic) bond motifs is 2. The second-order valence-electron chi connectivity index (χ2n) is 6.16. The summed E-state index contributed by atoms with van der Waals surface area (Å²) in [5.41, 5.74) is 0.640. The normalized spacial score (nSPS) is 14.4. The van der Waals surface area contributed by atoms with Crippen molar-refractivity contribution in [1.82, 2.24) is 10.3 Å². The summed E-state index contributed by atoms with van der Waals surface area (Å²) in [7, 11) is 0. The van der Waals surface area contributed by atoms with Crippen molar-refractivity contribution in [2.75, 3.05) is 6.54 Å². The van der Waals surface area contributed by atoms with E-state index in [9.17, 15) is 17.6 Å². The van der Waals surface area contributed by atoms with Crippen molar-refractivity contribution in [3.63, 3.8) is 0 Å². The molecule has 4 rings (SSSR count). The third-order valence-corrected chi connectivity index (χ3v) is 4.70. The van der Waals surface area contributed by atoms with Gasteiger partial charge in [0.05, 0.1) is 10.7 Å². The Morgan fingerprint density at radius 3 is 2.85 bits per heavy atom. The molecular formula is C18H13ClF4N2O2. The average molecular weight is 401 g/mol. The molecule has 9 heteroatoms. The molecule has 0 amide bonds. The van der Waals surface area contributed by atoms with Crippen LogP contribution in [0.5, 0.6) is 5.88 Å². The van der Waals surface area contributed by atoms with Gasteiger partial charge in [0, 0.05) is 23.6 Å². The molecule has 1 aromatic carbocycles. The molecule has 27 heavy (non-hydrogen) atoms. The van der Waals surface area contributed by atoms with Crippen molar-refractivity contribution in [3.05, 3.63) is 57.7 Å². The minimum atomic E-state index is -4.60. The van der Waals surface area contributed by atoms with Crippen LogP contribution >= 0.6 is 11.6 Å². The van der Waals surface area contributed by atoms with E-state index in [1.807, 2.05) is 0 Å². The second kappa shape index (κ2) is 6.69. The highest BCUT2D eigenvalue weighted by Crippen LogP contribution is 2.38. The maximum Gasteiger partial charge on any atom is 0.421 e. The molecule has 0 fully saturated rings. The maximum atomic E-state index is 13.4. The fourth-order valence-electron chi connectivity index (χ4n) is 3.06. The highest BCUT2D eigenvalue weighted by atomic mass is 35.5. The summed E-state index contributed by atoms with van der Waals surface area (Å²) in [5.74, 6) is -0.514. The standard InChI is InChI=1S/C18H13ClF4N2O2/c19-13-2-1-10(16-11(13)6-15(20)27-16)8-26-17-12(18(21,22)23)5-9-3-4-24-7-14(9)25-17/h1-2,5-6,24H,3-4,7-8H2. The van der Waals surface area contributed by atoms with E-state index in [0.717, 1.165) is 12.1 Å². The minimum Gasteiger partial charge on any atom is -0.472 e. The molecule has 4 nitrogen and oxygen atoms in total. The van der Waals surface area contributed by atoms with Crippen molar-refractivity contribution < 1.29 is 26.7 Å². The summed E-state index contributed by atoms with van der Waals surface area (Å²) in [5, 5.41) is 3.66. The van der Waals surface area contributed by atoms with Crippen LogP contribution in [0.3, 0.4) is 0 Å². The lowest BCUT2D eigenvalue weighted by Crippen LogP contribution is -2.26. The summed E-state index contributed by atoms with van der Waals surface area (Å²) in [6, 6.07) is 4.38. The molecule has 142 valence electrons. The second-order valence-corrected chi connectivity index (χ2v) is 6.57. The Morgan fingerprint density at radius 1 is 1.26 bits per heavy atom. The topological polar surface area (TPSA) is 47.3 Å². The van der Waals surface area contributed by atoms with Gasteiger partial charge in [-0.25, -0.2) is 4.98 Å². The SMILES string of the molecule is Fc1cc2c(Cl)ccc(COc3nc4c(cc3C(F)(F)F)CCNC4)c2o1. The van der Waals surface area contributed by atoms with Gasteiger partial charge in [0.1, 0.15) is 17.8 Å². The Morgan fingerprint density at radius 2 is 2.07 bits per heavy atom. The smallest absolute Gasteiger partial charge is 0.421 e. The predicted molar refractivity (Wildman–Crippen MR) is 90.2 cm³/mol. The minimum absolute atomic E-state index is 0.133. The van der Waals surface area contributed by atoms with E-state index in [1.165, 1.54) is 12.1 Å². The zero-order valence-corrected chi connectivity index (χ0v) is 14.5. The van der Waals surface area contributed by atoms with Gasteiger partial charge < -0.3 is 14.5 Å². The van der Waals surface area contributed by atoms with E-state index in [1.54, 1.807) is 0 Å². The fourth-order valence-corrected chi connectivity index (χ4v) is 3.27. The molecule has 0 saturated carbocycles. The third-order valence-electron chi connectivity index (χ3n) is 4.37. The number of benzene rings is 1. The van der Waals surface area contributed by atoms with Crippen LogP contribution in [0, 0.1) is 6.01 Å². The Labute approximate surface area is 156 Å². The van der Waals surface area contributed by atoms with E-state index in [0.29, 0.717) is 41.7 Å². The van der Waals surface area contributed by atoms with Crippen LogP contribution in [0.25, 0.3) is 11.0 Å². The van der Waals surface area contributed by atoms with Crippen molar-refractivity contribution in [3.8, 4) is 5.88 Å². The molecule has 3 aromatic rings. The molecule has 0 spiro atoms. The van der Waals surface area contributed by atoms with Crippen molar-refractivity contribution in [2.24, 2.45) is 0 Å². The van der Waals surface area contributed by atoms with Gasteiger partial charge in [0.2, 0.25) is 5.88 Å². The third kappa shape index (κ3) is 3.46. The quantitative estimate of drug-likeness (QED) is 0.638. The van der Waals surface area contributed by atoms with Crippen LogP contribution in [0.1, 0.15) is 22.4 Å². The number of halogens is 5. The number of rotatable bonds is 3. The van der Waals surface area contributed by atoms with Crippen LogP contribution < -0.4 is 10.1 Å². The zero-order chi connectivity index (χ0) is 19.2. The van der Waals surface area contributed by atoms with Gasteiger partial charge >= 0.3 is 6.18 Å². The summed E-state index contributed by atoms with van der Waals surface area (Å²) in [6.45, 7) is 0.695. The molecule has 1 aliphatic heterocycles. The summed E-state index contributed by atoms with van der Waals surface area (Å²) in [4.78, 5) is 4.06. The number of furan rings is 1. The first-order valence-corrected chi connectivity index (χ1v) is 8.50. The Kier molecular flexibility index (Phi) is 4.47. The number of aromatic nitrogens is 1. The van der Waals surface area contributed by atoms with Crippen LogP contribution in [-0.4, -0.2) is 11.5 Å². The van der Waals surface area contributed by atoms with Crippen LogP contribution in [0.2, 0.25) is 5.02 Å². The Bertz CT molecular complexity index is 1020.